The van der Waals surface area contributed by atoms with Gasteiger partial charge in [0.2, 0.25) is 10.0 Å². The minimum atomic E-state index is -3.74. The molecule has 0 aromatic heterocycles. The lowest BCUT2D eigenvalue weighted by Gasteiger charge is -2.17. The normalized spacial score (nSPS) is 19.4. The summed E-state index contributed by atoms with van der Waals surface area (Å²) in [4.78, 5) is 14.1. The number of rotatable bonds is 3. The van der Waals surface area contributed by atoms with E-state index >= 15 is 0 Å². The first-order valence-corrected chi connectivity index (χ1v) is 7.83. The molecule has 6 nitrogen and oxygen atoms in total. The van der Waals surface area contributed by atoms with Crippen molar-refractivity contribution in [1.82, 2.24) is 4.90 Å². The molecular weight excluding hydrogens is 280 g/mol. The van der Waals surface area contributed by atoms with Gasteiger partial charge in [0.15, 0.2) is 0 Å². The topological polar surface area (TPSA) is 89.7 Å². The van der Waals surface area contributed by atoms with Crippen molar-refractivity contribution < 1.29 is 17.9 Å². The number of sulfonamides is 1. The second kappa shape index (κ2) is 5.51. The van der Waals surface area contributed by atoms with E-state index in [-0.39, 0.29) is 16.9 Å². The highest BCUT2D eigenvalue weighted by molar-refractivity contribution is 7.89. The monoisotopic (exact) mass is 298 g/mol. The number of aryl methyl sites for hydroxylation is 1. The zero-order valence-electron chi connectivity index (χ0n) is 11.5. The maximum atomic E-state index is 12.4. The highest BCUT2D eigenvalue weighted by Crippen LogP contribution is 2.19. The van der Waals surface area contributed by atoms with E-state index in [9.17, 15) is 13.2 Å². The maximum absolute atomic E-state index is 12.4. The fourth-order valence-electron chi connectivity index (χ4n) is 2.33. The molecular formula is C13H18N2O4S. The van der Waals surface area contributed by atoms with Crippen LogP contribution < -0.4 is 5.14 Å². The van der Waals surface area contributed by atoms with Crippen molar-refractivity contribution >= 4 is 15.9 Å². The summed E-state index contributed by atoms with van der Waals surface area (Å²) in [7, 11) is -2.11. The number of methoxy groups -OCH3 is 1. The molecule has 2 N–H and O–H groups in total. The van der Waals surface area contributed by atoms with Gasteiger partial charge in [0, 0.05) is 25.8 Å². The molecule has 0 spiro atoms. The predicted octanol–water partition coefficient (Wildman–Crippen LogP) is 0.503. The van der Waals surface area contributed by atoms with Gasteiger partial charge in [-0.25, -0.2) is 13.6 Å². The Bertz CT molecular complexity index is 627. The molecule has 1 aliphatic rings. The van der Waals surface area contributed by atoms with Gasteiger partial charge in [-0.3, -0.25) is 4.79 Å². The zero-order chi connectivity index (χ0) is 14.9. The molecule has 1 amide bonds. The summed E-state index contributed by atoms with van der Waals surface area (Å²) >= 11 is 0. The van der Waals surface area contributed by atoms with Crippen molar-refractivity contribution in [3.63, 3.8) is 0 Å². The maximum Gasteiger partial charge on any atom is 0.254 e. The first kappa shape index (κ1) is 15.0. The van der Waals surface area contributed by atoms with Crippen molar-refractivity contribution in [2.75, 3.05) is 20.2 Å². The number of carbonyl (C=O) groups excluding carboxylic acids is 1. The number of likely N-dealkylation sites (tertiary alicyclic amines) is 1. The van der Waals surface area contributed by atoms with E-state index in [0.29, 0.717) is 24.2 Å². The minimum absolute atomic E-state index is 0.0164. The van der Waals surface area contributed by atoms with Crippen molar-refractivity contribution in [1.29, 1.82) is 0 Å². The number of nitrogens with zero attached hydrogens (tertiary/aromatic N) is 1. The van der Waals surface area contributed by atoms with Gasteiger partial charge in [0.25, 0.3) is 5.91 Å². The molecule has 1 aromatic rings. The van der Waals surface area contributed by atoms with Crippen LogP contribution in [0.15, 0.2) is 23.1 Å². The molecule has 1 aromatic carbocycles. The molecule has 0 saturated carbocycles. The first-order valence-electron chi connectivity index (χ1n) is 6.28. The Morgan fingerprint density at radius 3 is 2.65 bits per heavy atom. The smallest absolute Gasteiger partial charge is 0.254 e. The second-order valence-electron chi connectivity index (χ2n) is 4.92. The number of ether oxygens (including phenoxy) is 1. The Hall–Kier alpha value is -1.44. The minimum Gasteiger partial charge on any atom is -0.380 e. The number of hydrogen-bond donors (Lipinski definition) is 1. The van der Waals surface area contributed by atoms with Crippen LogP contribution in [0.3, 0.4) is 0 Å². The summed E-state index contributed by atoms with van der Waals surface area (Å²) in [5, 5.41) is 5.07. The van der Waals surface area contributed by atoms with Gasteiger partial charge in [-0.15, -0.1) is 0 Å². The third-order valence-corrected chi connectivity index (χ3v) is 4.43. The van der Waals surface area contributed by atoms with Gasteiger partial charge >= 0.3 is 0 Å². The van der Waals surface area contributed by atoms with Crippen LogP contribution >= 0.6 is 0 Å². The van der Waals surface area contributed by atoms with Crippen LogP contribution in [0.1, 0.15) is 22.3 Å². The largest absolute Gasteiger partial charge is 0.380 e. The van der Waals surface area contributed by atoms with E-state index in [4.69, 9.17) is 9.88 Å². The number of amides is 1. The lowest BCUT2D eigenvalue weighted by Crippen LogP contribution is -2.30. The molecule has 1 heterocycles. The fourth-order valence-corrected chi connectivity index (χ4v) is 2.93. The highest BCUT2D eigenvalue weighted by Gasteiger charge is 2.27. The number of nitrogens with two attached hydrogens (primary N) is 1. The van der Waals surface area contributed by atoms with Crippen LogP contribution in [0.25, 0.3) is 0 Å². The van der Waals surface area contributed by atoms with Crippen LogP contribution in [0.5, 0.6) is 0 Å². The molecule has 0 bridgehead atoms. The van der Waals surface area contributed by atoms with Crippen LogP contribution in [-0.2, 0) is 14.8 Å². The van der Waals surface area contributed by atoms with Gasteiger partial charge < -0.3 is 9.64 Å². The summed E-state index contributed by atoms with van der Waals surface area (Å²) in [6.45, 7) is 2.91. The average molecular weight is 298 g/mol. The molecule has 1 saturated heterocycles. The molecule has 0 radical (unpaired) electrons. The number of carbonyl (C=O) groups is 1. The zero-order valence-corrected chi connectivity index (χ0v) is 12.3. The Morgan fingerprint density at radius 2 is 2.15 bits per heavy atom. The van der Waals surface area contributed by atoms with E-state index in [1.165, 1.54) is 18.2 Å². The Balaban J connectivity index is 2.24. The number of primary sulfonamides is 1. The second-order valence-corrected chi connectivity index (χ2v) is 6.48. The molecule has 20 heavy (non-hydrogen) atoms. The van der Waals surface area contributed by atoms with Crippen LogP contribution in [0.2, 0.25) is 0 Å². The van der Waals surface area contributed by atoms with Crippen LogP contribution in [-0.4, -0.2) is 45.5 Å². The van der Waals surface area contributed by atoms with Gasteiger partial charge in [-0.1, -0.05) is 0 Å². The van der Waals surface area contributed by atoms with Crippen molar-refractivity contribution in [2.45, 2.75) is 24.3 Å². The summed E-state index contributed by atoms with van der Waals surface area (Å²) in [6, 6.07) is 4.30. The third kappa shape index (κ3) is 3.00. The first-order chi connectivity index (χ1) is 9.32. The molecule has 1 unspecified atom stereocenters. The lowest BCUT2D eigenvalue weighted by molar-refractivity contribution is 0.0723. The van der Waals surface area contributed by atoms with Crippen molar-refractivity contribution in [3.8, 4) is 0 Å². The van der Waals surface area contributed by atoms with Gasteiger partial charge in [0.1, 0.15) is 0 Å². The summed E-state index contributed by atoms with van der Waals surface area (Å²) < 4.78 is 27.8. The molecule has 1 fully saturated rings. The highest BCUT2D eigenvalue weighted by atomic mass is 32.2. The van der Waals surface area contributed by atoms with E-state index < -0.39 is 10.0 Å². The van der Waals surface area contributed by atoms with E-state index in [0.717, 1.165) is 6.42 Å². The quantitative estimate of drug-likeness (QED) is 0.880. The predicted molar refractivity (Wildman–Crippen MR) is 73.9 cm³/mol. The van der Waals surface area contributed by atoms with Crippen molar-refractivity contribution in [3.05, 3.63) is 29.3 Å². The molecule has 2 rings (SSSR count). The lowest BCUT2D eigenvalue weighted by atomic mass is 10.1. The fraction of sp³-hybridized carbons (Fsp3) is 0.462. The molecule has 0 aliphatic carbocycles. The SMILES string of the molecule is COC1CCN(C(=O)c2ccc(S(N)(=O)=O)cc2C)C1. The summed E-state index contributed by atoms with van der Waals surface area (Å²) in [6.07, 6.45) is 0.888. The van der Waals surface area contributed by atoms with Gasteiger partial charge in [0.05, 0.1) is 11.0 Å². The van der Waals surface area contributed by atoms with Crippen molar-refractivity contribution in [2.24, 2.45) is 5.14 Å². The third-order valence-electron chi connectivity index (χ3n) is 3.52. The molecule has 7 heteroatoms. The van der Waals surface area contributed by atoms with E-state index in [1.807, 2.05) is 0 Å². The molecule has 110 valence electrons. The summed E-state index contributed by atoms with van der Waals surface area (Å²) in [5.41, 5.74) is 1.09. The van der Waals surface area contributed by atoms with Crippen LogP contribution in [0, 0.1) is 6.92 Å². The molecule has 1 aliphatic heterocycles. The van der Waals surface area contributed by atoms with Gasteiger partial charge in [-0.2, -0.15) is 0 Å². The Labute approximate surface area is 118 Å². The average Bonchev–Trinajstić information content (AvgIpc) is 2.85. The van der Waals surface area contributed by atoms with Gasteiger partial charge in [-0.05, 0) is 37.1 Å². The van der Waals surface area contributed by atoms with E-state index in [2.05, 4.69) is 0 Å². The number of hydrogen-bond acceptors (Lipinski definition) is 4. The van der Waals surface area contributed by atoms with Crippen LogP contribution in [0.4, 0.5) is 0 Å². The standard InChI is InChI=1S/C13H18N2O4S/c1-9-7-11(20(14,17)18)3-4-12(9)13(16)15-6-5-10(8-15)19-2/h3-4,7,10H,5-6,8H2,1-2H3,(H2,14,17,18). The Morgan fingerprint density at radius 1 is 1.45 bits per heavy atom. The van der Waals surface area contributed by atoms with E-state index in [1.54, 1.807) is 18.9 Å². The Kier molecular flexibility index (Phi) is 4.12. The molecule has 1 atom stereocenters. The number of benzene rings is 1. The summed E-state index contributed by atoms with van der Waals surface area (Å²) in [5.74, 6) is -0.108.